The molecule has 0 spiro atoms. The molecule has 1 saturated heterocycles. The number of nitrogens with one attached hydrogen (secondary N) is 1. The van der Waals surface area contributed by atoms with Crippen LogP contribution in [0.3, 0.4) is 0 Å². The molecule has 0 saturated carbocycles. The lowest BCUT2D eigenvalue weighted by molar-refractivity contribution is -0.137. The average Bonchev–Trinajstić information content (AvgIpc) is 2.34. The van der Waals surface area contributed by atoms with Gasteiger partial charge in [-0.25, -0.2) is 0 Å². The lowest BCUT2D eigenvalue weighted by atomic mass is 9.97. The molecule has 1 atom stereocenters. The van der Waals surface area contributed by atoms with E-state index in [1.165, 1.54) is 0 Å². The van der Waals surface area contributed by atoms with E-state index in [-0.39, 0.29) is 5.92 Å². The molecule has 1 fully saturated rings. The van der Waals surface area contributed by atoms with E-state index in [0.717, 1.165) is 32.5 Å². The summed E-state index contributed by atoms with van der Waals surface area (Å²) in [7, 11) is 1.68. The van der Waals surface area contributed by atoms with Gasteiger partial charge in [0.1, 0.15) is 0 Å². The third kappa shape index (κ3) is 5.04. The summed E-state index contributed by atoms with van der Waals surface area (Å²) in [6.07, 6.45) is 2.13. The number of hydrogen-bond donors (Lipinski definition) is 1. The molecule has 1 heterocycles. The summed E-state index contributed by atoms with van der Waals surface area (Å²) in [6, 6.07) is 0. The maximum Gasteiger partial charge on any atom is 0.227 e. The molecule has 4 nitrogen and oxygen atoms in total. The number of methoxy groups -OCH3 is 1. The highest BCUT2D eigenvalue weighted by Crippen LogP contribution is 2.14. The van der Waals surface area contributed by atoms with E-state index >= 15 is 0 Å². The van der Waals surface area contributed by atoms with Crippen LogP contribution in [0.5, 0.6) is 0 Å². The predicted octanol–water partition coefficient (Wildman–Crippen LogP) is 1.12. The van der Waals surface area contributed by atoms with Crippen LogP contribution in [0, 0.1) is 11.8 Å². The number of nitrogens with zero attached hydrogens (tertiary/aromatic N) is 1. The molecule has 1 N–H and O–H groups in total. The number of piperidine rings is 1. The minimum Gasteiger partial charge on any atom is -0.383 e. The molecule has 1 aliphatic heterocycles. The van der Waals surface area contributed by atoms with E-state index in [2.05, 4.69) is 19.2 Å². The van der Waals surface area contributed by atoms with Crippen LogP contribution in [-0.2, 0) is 9.53 Å². The normalized spacial score (nSPS) is 20.6. The summed E-state index contributed by atoms with van der Waals surface area (Å²) in [4.78, 5) is 14.3. The van der Waals surface area contributed by atoms with Crippen LogP contribution in [0.2, 0.25) is 0 Å². The summed E-state index contributed by atoms with van der Waals surface area (Å²) < 4.78 is 5.08. The van der Waals surface area contributed by atoms with Crippen molar-refractivity contribution in [1.29, 1.82) is 0 Å². The Morgan fingerprint density at radius 3 is 2.82 bits per heavy atom. The molecule has 4 heteroatoms. The Labute approximate surface area is 105 Å². The second-order valence-electron chi connectivity index (χ2n) is 5.21. The Bertz CT molecular complexity index is 225. The molecule has 0 unspecified atom stereocenters. The molecule has 0 aromatic heterocycles. The second kappa shape index (κ2) is 7.67. The van der Waals surface area contributed by atoms with Crippen molar-refractivity contribution in [3.63, 3.8) is 0 Å². The fourth-order valence-electron chi connectivity index (χ4n) is 2.25. The summed E-state index contributed by atoms with van der Waals surface area (Å²) in [5.41, 5.74) is 0. The van der Waals surface area contributed by atoms with Gasteiger partial charge in [0.25, 0.3) is 0 Å². The van der Waals surface area contributed by atoms with Gasteiger partial charge in [-0.2, -0.15) is 0 Å². The van der Waals surface area contributed by atoms with Crippen molar-refractivity contribution in [3.8, 4) is 0 Å². The smallest absolute Gasteiger partial charge is 0.227 e. The minimum absolute atomic E-state index is 0.166. The van der Waals surface area contributed by atoms with Gasteiger partial charge in [-0.15, -0.1) is 0 Å². The molecule has 0 aromatic carbocycles. The van der Waals surface area contributed by atoms with E-state index < -0.39 is 0 Å². The third-order valence-corrected chi connectivity index (χ3v) is 3.11. The highest BCUT2D eigenvalue weighted by Gasteiger charge is 2.25. The molecular formula is C13H26N2O2. The van der Waals surface area contributed by atoms with Crippen LogP contribution in [-0.4, -0.2) is 50.7 Å². The molecule has 1 rings (SSSR count). The van der Waals surface area contributed by atoms with Crippen LogP contribution >= 0.6 is 0 Å². The van der Waals surface area contributed by atoms with Crippen LogP contribution in [0.1, 0.15) is 26.7 Å². The van der Waals surface area contributed by atoms with E-state index in [9.17, 15) is 4.79 Å². The Hall–Kier alpha value is -0.610. The van der Waals surface area contributed by atoms with Gasteiger partial charge < -0.3 is 15.0 Å². The maximum atomic E-state index is 12.4. The van der Waals surface area contributed by atoms with Gasteiger partial charge in [0.05, 0.1) is 12.5 Å². The van der Waals surface area contributed by atoms with Crippen LogP contribution in [0.15, 0.2) is 0 Å². The third-order valence-electron chi connectivity index (χ3n) is 3.11. The molecule has 100 valence electrons. The summed E-state index contributed by atoms with van der Waals surface area (Å²) >= 11 is 0. The first kappa shape index (κ1) is 14.5. The van der Waals surface area contributed by atoms with Gasteiger partial charge in [-0.1, -0.05) is 13.8 Å². The first-order valence-electron chi connectivity index (χ1n) is 6.63. The molecule has 0 bridgehead atoms. The van der Waals surface area contributed by atoms with Crippen molar-refractivity contribution in [2.75, 3.05) is 39.9 Å². The maximum absolute atomic E-state index is 12.4. The second-order valence-corrected chi connectivity index (χ2v) is 5.21. The van der Waals surface area contributed by atoms with Crippen molar-refractivity contribution in [2.45, 2.75) is 26.7 Å². The van der Waals surface area contributed by atoms with Crippen LogP contribution in [0.25, 0.3) is 0 Å². The Balaban J connectivity index is 2.50. The molecule has 0 aromatic rings. The summed E-state index contributed by atoms with van der Waals surface area (Å²) in [5, 5.41) is 3.30. The molecule has 0 radical (unpaired) electrons. The molecule has 1 aliphatic rings. The van der Waals surface area contributed by atoms with Gasteiger partial charge in [0, 0.05) is 26.7 Å². The monoisotopic (exact) mass is 242 g/mol. The van der Waals surface area contributed by atoms with Gasteiger partial charge in [0.15, 0.2) is 0 Å². The fraction of sp³-hybridized carbons (Fsp3) is 0.923. The molecule has 1 amide bonds. The first-order valence-corrected chi connectivity index (χ1v) is 6.63. The topological polar surface area (TPSA) is 41.6 Å². The van der Waals surface area contributed by atoms with Crippen molar-refractivity contribution < 1.29 is 9.53 Å². The quantitative estimate of drug-likeness (QED) is 0.759. The van der Waals surface area contributed by atoms with E-state index in [4.69, 9.17) is 4.74 Å². The minimum atomic E-state index is 0.166. The van der Waals surface area contributed by atoms with Crippen LogP contribution in [0.4, 0.5) is 0 Å². The molecular weight excluding hydrogens is 216 g/mol. The fourth-order valence-corrected chi connectivity index (χ4v) is 2.25. The average molecular weight is 242 g/mol. The van der Waals surface area contributed by atoms with E-state index in [1.807, 2.05) is 4.90 Å². The zero-order valence-electron chi connectivity index (χ0n) is 11.4. The number of amides is 1. The number of ether oxygens (including phenoxy) is 1. The largest absolute Gasteiger partial charge is 0.383 e. The van der Waals surface area contributed by atoms with Crippen molar-refractivity contribution in [1.82, 2.24) is 10.2 Å². The predicted molar refractivity (Wildman–Crippen MR) is 68.9 cm³/mol. The van der Waals surface area contributed by atoms with E-state index in [1.54, 1.807) is 7.11 Å². The lowest BCUT2D eigenvalue weighted by Crippen LogP contribution is -2.45. The van der Waals surface area contributed by atoms with Gasteiger partial charge in [0.2, 0.25) is 5.91 Å². The SMILES string of the molecule is COCCN(CC(C)C)C(=O)[C@H]1CCCNC1. The van der Waals surface area contributed by atoms with Crippen molar-refractivity contribution >= 4 is 5.91 Å². The Morgan fingerprint density at radius 2 is 2.29 bits per heavy atom. The van der Waals surface area contributed by atoms with Gasteiger partial charge >= 0.3 is 0 Å². The zero-order chi connectivity index (χ0) is 12.7. The highest BCUT2D eigenvalue weighted by atomic mass is 16.5. The van der Waals surface area contributed by atoms with Gasteiger partial charge in [-0.05, 0) is 25.3 Å². The Kier molecular flexibility index (Phi) is 6.52. The van der Waals surface area contributed by atoms with Crippen molar-refractivity contribution in [2.24, 2.45) is 11.8 Å². The molecule has 17 heavy (non-hydrogen) atoms. The van der Waals surface area contributed by atoms with Crippen molar-refractivity contribution in [3.05, 3.63) is 0 Å². The summed E-state index contributed by atoms with van der Waals surface area (Å²) in [6.45, 7) is 8.34. The first-order chi connectivity index (χ1) is 8.15. The standard InChI is InChI=1S/C13H26N2O2/c1-11(2)10-15(7-8-17-3)13(16)12-5-4-6-14-9-12/h11-12,14H,4-10H2,1-3H3/t12-/m0/s1. The zero-order valence-corrected chi connectivity index (χ0v) is 11.4. The summed E-state index contributed by atoms with van der Waals surface area (Å²) in [5.74, 6) is 0.967. The van der Waals surface area contributed by atoms with Crippen LogP contribution < -0.4 is 5.32 Å². The number of hydrogen-bond acceptors (Lipinski definition) is 3. The Morgan fingerprint density at radius 1 is 1.53 bits per heavy atom. The number of carbonyl (C=O) groups excluding carboxylic acids is 1. The lowest BCUT2D eigenvalue weighted by Gasteiger charge is -2.30. The van der Waals surface area contributed by atoms with E-state index in [0.29, 0.717) is 25.0 Å². The number of carbonyl (C=O) groups is 1. The van der Waals surface area contributed by atoms with Gasteiger partial charge in [-0.3, -0.25) is 4.79 Å². The number of rotatable bonds is 6. The molecule has 0 aliphatic carbocycles. The highest BCUT2D eigenvalue weighted by molar-refractivity contribution is 5.79.